The van der Waals surface area contributed by atoms with E-state index in [4.69, 9.17) is 4.74 Å². The van der Waals surface area contributed by atoms with E-state index < -0.39 is 0 Å². The van der Waals surface area contributed by atoms with Gasteiger partial charge in [-0.3, -0.25) is 4.79 Å². The molecule has 5 nitrogen and oxygen atoms in total. The number of rotatable bonds is 7. The summed E-state index contributed by atoms with van der Waals surface area (Å²) >= 11 is 0. The molecule has 0 aliphatic carbocycles. The first-order chi connectivity index (χ1) is 12.4. The summed E-state index contributed by atoms with van der Waals surface area (Å²) in [6.45, 7) is 8.46. The summed E-state index contributed by atoms with van der Waals surface area (Å²) in [5.41, 5.74) is 4.30. The van der Waals surface area contributed by atoms with Crippen molar-refractivity contribution < 1.29 is 14.3 Å². The van der Waals surface area contributed by atoms with Crippen LogP contribution in [-0.2, 0) is 9.53 Å². The van der Waals surface area contributed by atoms with Gasteiger partial charge in [0.05, 0.1) is 18.7 Å². The van der Waals surface area contributed by atoms with Crippen molar-refractivity contribution in [1.82, 2.24) is 0 Å². The van der Waals surface area contributed by atoms with Gasteiger partial charge >= 0.3 is 5.97 Å². The van der Waals surface area contributed by atoms with Crippen LogP contribution in [0.3, 0.4) is 0 Å². The predicted octanol–water partition coefficient (Wildman–Crippen LogP) is 4.35. The van der Waals surface area contributed by atoms with Crippen molar-refractivity contribution in [2.75, 3.05) is 23.8 Å². The second-order valence-electron chi connectivity index (χ2n) is 6.39. The summed E-state index contributed by atoms with van der Waals surface area (Å²) in [5, 5.41) is 6.07. The lowest BCUT2D eigenvalue weighted by Crippen LogP contribution is -2.23. The highest BCUT2D eigenvalue weighted by molar-refractivity contribution is 5.95. The van der Waals surface area contributed by atoms with Crippen LogP contribution in [0.25, 0.3) is 0 Å². The third-order valence-electron chi connectivity index (χ3n) is 4.04. The summed E-state index contributed by atoms with van der Waals surface area (Å²) < 4.78 is 4.95. The number of anilines is 2. The largest absolute Gasteiger partial charge is 0.462 e. The number of aryl methyl sites for hydroxylation is 1. The van der Waals surface area contributed by atoms with Gasteiger partial charge in [0.25, 0.3) is 0 Å². The minimum absolute atomic E-state index is 0.115. The van der Waals surface area contributed by atoms with Crippen molar-refractivity contribution in [2.45, 2.75) is 33.6 Å². The molecule has 0 aliphatic rings. The molecule has 0 heterocycles. The highest BCUT2D eigenvalue weighted by Gasteiger charge is 2.12. The van der Waals surface area contributed by atoms with Crippen molar-refractivity contribution in [1.29, 1.82) is 0 Å². The van der Waals surface area contributed by atoms with Gasteiger partial charge < -0.3 is 15.4 Å². The van der Waals surface area contributed by atoms with E-state index in [-0.39, 0.29) is 18.4 Å². The Morgan fingerprint density at radius 1 is 1.08 bits per heavy atom. The molecule has 0 saturated carbocycles. The molecule has 0 spiro atoms. The summed E-state index contributed by atoms with van der Waals surface area (Å²) in [4.78, 5) is 24.0. The monoisotopic (exact) mass is 354 g/mol. The Kier molecular flexibility index (Phi) is 6.78. The fourth-order valence-electron chi connectivity index (χ4n) is 2.65. The zero-order valence-corrected chi connectivity index (χ0v) is 15.8. The Balaban J connectivity index is 1.96. The van der Waals surface area contributed by atoms with E-state index in [0.29, 0.717) is 18.1 Å². The van der Waals surface area contributed by atoms with Crippen LogP contribution in [0.4, 0.5) is 11.4 Å². The van der Waals surface area contributed by atoms with Crippen molar-refractivity contribution in [3.8, 4) is 0 Å². The lowest BCUT2D eigenvalue weighted by atomic mass is 9.98. The van der Waals surface area contributed by atoms with Gasteiger partial charge in [0.2, 0.25) is 5.91 Å². The number of para-hydroxylation sites is 1. The normalized spacial score (nSPS) is 10.5. The summed E-state index contributed by atoms with van der Waals surface area (Å²) in [6.07, 6.45) is 0. The summed E-state index contributed by atoms with van der Waals surface area (Å²) in [5.74, 6) is -0.137. The average Bonchev–Trinajstić information content (AvgIpc) is 2.62. The number of ether oxygens (including phenoxy) is 1. The maximum atomic E-state index is 12.3. The van der Waals surface area contributed by atoms with E-state index in [0.717, 1.165) is 22.5 Å². The number of nitrogens with one attached hydrogen (secondary N) is 2. The number of esters is 1. The van der Waals surface area contributed by atoms with Crippen molar-refractivity contribution in [2.24, 2.45) is 0 Å². The van der Waals surface area contributed by atoms with E-state index in [9.17, 15) is 9.59 Å². The molecule has 0 aliphatic heterocycles. The quantitative estimate of drug-likeness (QED) is 0.726. The minimum Gasteiger partial charge on any atom is -0.462 e. The molecule has 0 saturated heterocycles. The third kappa shape index (κ3) is 5.09. The highest BCUT2D eigenvalue weighted by Crippen LogP contribution is 2.27. The Hall–Kier alpha value is -2.82. The first-order valence-corrected chi connectivity index (χ1v) is 8.82. The molecule has 5 heteroatoms. The second-order valence-corrected chi connectivity index (χ2v) is 6.39. The standard InChI is InChI=1S/C21H26N2O3/c1-5-26-21(25)16-9-11-17(12-10-16)22-13-19(24)23-20-15(4)7-6-8-18(20)14(2)3/h6-12,14,22H,5,13H2,1-4H3,(H,23,24). The second kappa shape index (κ2) is 9.04. The number of carbonyl (C=O) groups excluding carboxylic acids is 2. The van der Waals surface area contributed by atoms with Crippen LogP contribution in [0.2, 0.25) is 0 Å². The van der Waals surface area contributed by atoms with Crippen LogP contribution in [0.5, 0.6) is 0 Å². The van der Waals surface area contributed by atoms with Gasteiger partial charge in [0.15, 0.2) is 0 Å². The van der Waals surface area contributed by atoms with Crippen molar-refractivity contribution >= 4 is 23.3 Å². The van der Waals surface area contributed by atoms with Crippen molar-refractivity contribution in [3.63, 3.8) is 0 Å². The van der Waals surface area contributed by atoms with Crippen LogP contribution in [-0.4, -0.2) is 25.0 Å². The smallest absolute Gasteiger partial charge is 0.338 e. The molecule has 2 aromatic carbocycles. The van der Waals surface area contributed by atoms with Gasteiger partial charge in [0, 0.05) is 11.4 Å². The Morgan fingerprint density at radius 3 is 2.38 bits per heavy atom. The molecule has 0 atom stereocenters. The zero-order chi connectivity index (χ0) is 19.1. The average molecular weight is 354 g/mol. The lowest BCUT2D eigenvalue weighted by Gasteiger charge is -2.16. The Labute approximate surface area is 154 Å². The lowest BCUT2D eigenvalue weighted by molar-refractivity contribution is -0.114. The summed E-state index contributed by atoms with van der Waals surface area (Å²) in [6, 6.07) is 12.9. The number of hydrogen-bond donors (Lipinski definition) is 2. The van der Waals surface area contributed by atoms with E-state index in [2.05, 4.69) is 24.5 Å². The van der Waals surface area contributed by atoms with Crippen LogP contribution >= 0.6 is 0 Å². The predicted molar refractivity (Wildman–Crippen MR) is 105 cm³/mol. The SMILES string of the molecule is CCOC(=O)c1ccc(NCC(=O)Nc2c(C)cccc2C(C)C)cc1. The molecule has 0 unspecified atom stereocenters. The van der Waals surface area contributed by atoms with Gasteiger partial charge in [-0.2, -0.15) is 0 Å². The Morgan fingerprint density at radius 2 is 1.77 bits per heavy atom. The van der Waals surface area contributed by atoms with E-state index in [1.165, 1.54) is 0 Å². The first-order valence-electron chi connectivity index (χ1n) is 8.82. The van der Waals surface area contributed by atoms with Crippen LogP contribution in [0, 0.1) is 6.92 Å². The van der Waals surface area contributed by atoms with Crippen LogP contribution < -0.4 is 10.6 Å². The molecule has 0 aromatic heterocycles. The number of amides is 1. The number of hydrogen-bond acceptors (Lipinski definition) is 4. The molecule has 26 heavy (non-hydrogen) atoms. The molecule has 0 radical (unpaired) electrons. The molecular weight excluding hydrogens is 328 g/mol. The maximum Gasteiger partial charge on any atom is 0.338 e. The first kappa shape index (κ1) is 19.5. The number of benzene rings is 2. The van der Waals surface area contributed by atoms with Gasteiger partial charge in [-0.15, -0.1) is 0 Å². The van der Waals surface area contributed by atoms with E-state index in [1.54, 1.807) is 31.2 Å². The maximum absolute atomic E-state index is 12.3. The van der Waals surface area contributed by atoms with Crippen molar-refractivity contribution in [3.05, 3.63) is 59.2 Å². The van der Waals surface area contributed by atoms with Gasteiger partial charge in [0.1, 0.15) is 0 Å². The van der Waals surface area contributed by atoms with Crippen LogP contribution in [0.15, 0.2) is 42.5 Å². The summed E-state index contributed by atoms with van der Waals surface area (Å²) in [7, 11) is 0. The van der Waals surface area contributed by atoms with E-state index in [1.807, 2.05) is 25.1 Å². The molecule has 2 N–H and O–H groups in total. The number of carbonyl (C=O) groups is 2. The minimum atomic E-state index is -0.349. The van der Waals surface area contributed by atoms with Gasteiger partial charge in [-0.05, 0) is 55.2 Å². The molecule has 0 bridgehead atoms. The molecular formula is C21H26N2O3. The molecule has 138 valence electrons. The zero-order valence-electron chi connectivity index (χ0n) is 15.8. The molecule has 1 amide bonds. The Bertz CT molecular complexity index is 767. The molecule has 0 fully saturated rings. The topological polar surface area (TPSA) is 67.4 Å². The molecule has 2 rings (SSSR count). The fraction of sp³-hybridized carbons (Fsp3) is 0.333. The fourth-order valence-corrected chi connectivity index (χ4v) is 2.65. The van der Waals surface area contributed by atoms with E-state index >= 15 is 0 Å². The van der Waals surface area contributed by atoms with Gasteiger partial charge in [-0.25, -0.2) is 4.79 Å². The van der Waals surface area contributed by atoms with Gasteiger partial charge in [-0.1, -0.05) is 32.0 Å². The molecule has 2 aromatic rings. The third-order valence-corrected chi connectivity index (χ3v) is 4.04. The highest BCUT2D eigenvalue weighted by atomic mass is 16.5. The van der Waals surface area contributed by atoms with Crippen LogP contribution in [0.1, 0.15) is 48.2 Å².